The number of nitrogens with zero attached hydrogens (tertiary/aromatic N) is 1. The maximum Gasteiger partial charge on any atom is 0.234 e. The Bertz CT molecular complexity index is 468. The van der Waals surface area contributed by atoms with Gasteiger partial charge in [-0.05, 0) is 43.4 Å². The Labute approximate surface area is 132 Å². The first kappa shape index (κ1) is 16.3. The van der Waals surface area contributed by atoms with Crippen LogP contribution in [0.15, 0.2) is 24.3 Å². The van der Waals surface area contributed by atoms with Crippen molar-refractivity contribution in [3.63, 3.8) is 0 Å². The molecule has 0 radical (unpaired) electrons. The molecule has 1 aliphatic carbocycles. The van der Waals surface area contributed by atoms with E-state index in [0.717, 1.165) is 11.6 Å². The monoisotopic (exact) mass is 308 g/mol. The van der Waals surface area contributed by atoms with Crippen molar-refractivity contribution in [1.82, 2.24) is 10.2 Å². The molecule has 4 heteroatoms. The van der Waals surface area contributed by atoms with Crippen LogP contribution in [0.3, 0.4) is 0 Å². The molecule has 116 valence electrons. The minimum absolute atomic E-state index is 0.122. The SMILES string of the molecule is CC(C)C(C)NC(=O)CN(Cc1ccc(Cl)cc1)C1CC1. The second-order valence-corrected chi connectivity index (χ2v) is 6.80. The Balaban J connectivity index is 1.90. The normalized spacial score (nSPS) is 16.3. The predicted octanol–water partition coefficient (Wildman–Crippen LogP) is 3.47. The summed E-state index contributed by atoms with van der Waals surface area (Å²) in [6.45, 7) is 7.59. The van der Waals surface area contributed by atoms with E-state index in [4.69, 9.17) is 11.6 Å². The number of benzene rings is 1. The minimum Gasteiger partial charge on any atom is -0.352 e. The largest absolute Gasteiger partial charge is 0.352 e. The molecule has 2 rings (SSSR count). The molecular formula is C17H25ClN2O. The predicted molar refractivity (Wildman–Crippen MR) is 87.3 cm³/mol. The van der Waals surface area contributed by atoms with Crippen molar-refractivity contribution < 1.29 is 4.79 Å². The average Bonchev–Trinajstić information content (AvgIpc) is 3.24. The zero-order valence-electron chi connectivity index (χ0n) is 13.1. The first-order valence-electron chi connectivity index (χ1n) is 7.73. The molecule has 21 heavy (non-hydrogen) atoms. The lowest BCUT2D eigenvalue weighted by Crippen LogP contribution is -2.43. The van der Waals surface area contributed by atoms with Crippen LogP contribution in [0.25, 0.3) is 0 Å². The quantitative estimate of drug-likeness (QED) is 0.836. The lowest BCUT2D eigenvalue weighted by atomic mass is 10.1. The number of nitrogens with one attached hydrogen (secondary N) is 1. The third kappa shape index (κ3) is 5.33. The molecule has 0 heterocycles. The zero-order chi connectivity index (χ0) is 15.4. The topological polar surface area (TPSA) is 32.3 Å². The molecule has 0 aromatic heterocycles. The van der Waals surface area contributed by atoms with Crippen molar-refractivity contribution in [3.8, 4) is 0 Å². The fraction of sp³-hybridized carbons (Fsp3) is 0.588. The van der Waals surface area contributed by atoms with Gasteiger partial charge in [0.2, 0.25) is 5.91 Å². The molecule has 1 aromatic carbocycles. The van der Waals surface area contributed by atoms with E-state index in [1.807, 2.05) is 24.3 Å². The molecule has 1 N–H and O–H groups in total. The molecule has 1 aliphatic rings. The smallest absolute Gasteiger partial charge is 0.234 e. The number of hydrogen-bond donors (Lipinski definition) is 1. The van der Waals surface area contributed by atoms with Gasteiger partial charge in [0.1, 0.15) is 0 Å². The van der Waals surface area contributed by atoms with Crippen LogP contribution in [0.2, 0.25) is 5.02 Å². The molecule has 1 saturated carbocycles. The summed E-state index contributed by atoms with van der Waals surface area (Å²) < 4.78 is 0. The summed E-state index contributed by atoms with van der Waals surface area (Å²) in [7, 11) is 0. The van der Waals surface area contributed by atoms with Gasteiger partial charge in [-0.1, -0.05) is 37.6 Å². The molecule has 0 saturated heterocycles. The maximum atomic E-state index is 12.2. The van der Waals surface area contributed by atoms with Crippen LogP contribution in [0, 0.1) is 5.92 Å². The summed E-state index contributed by atoms with van der Waals surface area (Å²) in [5, 5.41) is 3.84. The van der Waals surface area contributed by atoms with Crippen molar-refractivity contribution in [2.24, 2.45) is 5.92 Å². The Kier molecular flexibility index (Phi) is 5.65. The molecule has 1 fully saturated rings. The molecule has 1 atom stereocenters. The van der Waals surface area contributed by atoms with Gasteiger partial charge in [-0.3, -0.25) is 9.69 Å². The van der Waals surface area contributed by atoms with E-state index in [1.54, 1.807) is 0 Å². The number of carbonyl (C=O) groups is 1. The number of rotatable bonds is 7. The van der Waals surface area contributed by atoms with E-state index in [9.17, 15) is 4.79 Å². The van der Waals surface area contributed by atoms with Crippen LogP contribution in [0.1, 0.15) is 39.2 Å². The fourth-order valence-electron chi connectivity index (χ4n) is 2.23. The third-order valence-corrected chi connectivity index (χ3v) is 4.35. The third-order valence-electron chi connectivity index (χ3n) is 4.10. The molecule has 0 aliphatic heterocycles. The summed E-state index contributed by atoms with van der Waals surface area (Å²) in [5.74, 6) is 0.580. The van der Waals surface area contributed by atoms with Gasteiger partial charge >= 0.3 is 0 Å². The second-order valence-electron chi connectivity index (χ2n) is 6.36. The second kappa shape index (κ2) is 7.28. The highest BCUT2D eigenvalue weighted by atomic mass is 35.5. The summed E-state index contributed by atoms with van der Waals surface area (Å²) in [6.07, 6.45) is 2.39. The summed E-state index contributed by atoms with van der Waals surface area (Å²) in [5.41, 5.74) is 1.20. The lowest BCUT2D eigenvalue weighted by Gasteiger charge is -2.24. The number of hydrogen-bond acceptors (Lipinski definition) is 2. The van der Waals surface area contributed by atoms with Crippen LogP contribution < -0.4 is 5.32 Å². The molecule has 3 nitrogen and oxygen atoms in total. The lowest BCUT2D eigenvalue weighted by molar-refractivity contribution is -0.123. The van der Waals surface area contributed by atoms with E-state index in [-0.39, 0.29) is 11.9 Å². The van der Waals surface area contributed by atoms with Gasteiger partial charge in [0, 0.05) is 23.7 Å². The Morgan fingerprint density at radius 2 is 1.90 bits per heavy atom. The van der Waals surface area contributed by atoms with Gasteiger partial charge in [-0.25, -0.2) is 0 Å². The maximum absolute atomic E-state index is 12.2. The van der Waals surface area contributed by atoms with Gasteiger partial charge in [0.05, 0.1) is 6.54 Å². The Morgan fingerprint density at radius 1 is 1.29 bits per heavy atom. The van der Waals surface area contributed by atoms with Crippen LogP contribution >= 0.6 is 11.6 Å². The standard InChI is InChI=1S/C17H25ClN2O/c1-12(2)13(3)19-17(21)11-20(16-8-9-16)10-14-4-6-15(18)7-5-14/h4-7,12-13,16H,8-11H2,1-3H3,(H,19,21). The summed E-state index contributed by atoms with van der Waals surface area (Å²) >= 11 is 5.92. The Morgan fingerprint density at radius 3 is 2.43 bits per heavy atom. The van der Waals surface area contributed by atoms with Gasteiger partial charge in [-0.15, -0.1) is 0 Å². The van der Waals surface area contributed by atoms with Crippen LogP contribution in [-0.2, 0) is 11.3 Å². The molecule has 0 bridgehead atoms. The van der Waals surface area contributed by atoms with Gasteiger partial charge in [0.25, 0.3) is 0 Å². The molecular weight excluding hydrogens is 284 g/mol. The van der Waals surface area contributed by atoms with Crippen molar-refractivity contribution >= 4 is 17.5 Å². The number of carbonyl (C=O) groups excluding carboxylic acids is 1. The van der Waals surface area contributed by atoms with Gasteiger partial charge in [0.15, 0.2) is 0 Å². The fourth-order valence-corrected chi connectivity index (χ4v) is 2.35. The van der Waals surface area contributed by atoms with Gasteiger partial charge in [-0.2, -0.15) is 0 Å². The first-order chi connectivity index (χ1) is 9.95. The number of amides is 1. The van der Waals surface area contributed by atoms with E-state index in [0.29, 0.717) is 18.5 Å². The van der Waals surface area contributed by atoms with Crippen LogP contribution in [0.4, 0.5) is 0 Å². The van der Waals surface area contributed by atoms with Crippen molar-refractivity contribution in [2.45, 2.75) is 52.2 Å². The number of halogens is 1. The molecule has 1 aromatic rings. The van der Waals surface area contributed by atoms with E-state index in [2.05, 4.69) is 31.0 Å². The van der Waals surface area contributed by atoms with Crippen molar-refractivity contribution in [2.75, 3.05) is 6.54 Å². The highest BCUT2D eigenvalue weighted by Gasteiger charge is 2.30. The highest BCUT2D eigenvalue weighted by molar-refractivity contribution is 6.30. The molecule has 1 unspecified atom stereocenters. The van der Waals surface area contributed by atoms with Crippen LogP contribution in [0.5, 0.6) is 0 Å². The van der Waals surface area contributed by atoms with Crippen molar-refractivity contribution in [1.29, 1.82) is 0 Å². The van der Waals surface area contributed by atoms with Crippen molar-refractivity contribution in [3.05, 3.63) is 34.9 Å². The zero-order valence-corrected chi connectivity index (χ0v) is 13.9. The first-order valence-corrected chi connectivity index (χ1v) is 8.11. The van der Waals surface area contributed by atoms with E-state index >= 15 is 0 Å². The molecule has 0 spiro atoms. The van der Waals surface area contributed by atoms with Gasteiger partial charge < -0.3 is 5.32 Å². The Hall–Kier alpha value is -1.06. The highest BCUT2D eigenvalue weighted by Crippen LogP contribution is 2.28. The average molecular weight is 309 g/mol. The summed E-state index contributed by atoms with van der Waals surface area (Å²) in [4.78, 5) is 14.4. The van der Waals surface area contributed by atoms with E-state index < -0.39 is 0 Å². The summed E-state index contributed by atoms with van der Waals surface area (Å²) in [6, 6.07) is 8.65. The van der Waals surface area contributed by atoms with Crippen LogP contribution in [-0.4, -0.2) is 29.4 Å². The minimum atomic E-state index is 0.122. The molecule has 1 amide bonds. The van der Waals surface area contributed by atoms with E-state index in [1.165, 1.54) is 18.4 Å².